The maximum absolute atomic E-state index is 13.6. The number of carbonyl (C=O) groups excluding carboxylic acids is 1. The van der Waals surface area contributed by atoms with Gasteiger partial charge >= 0.3 is 6.61 Å². The molecule has 5 rings (SSSR count). The first kappa shape index (κ1) is 21.8. The number of para-hydroxylation sites is 2. The summed E-state index contributed by atoms with van der Waals surface area (Å²) < 4.78 is 48.0. The van der Waals surface area contributed by atoms with Gasteiger partial charge in [0.05, 0.1) is 12.2 Å². The van der Waals surface area contributed by atoms with Crippen molar-refractivity contribution in [3.63, 3.8) is 0 Å². The fourth-order valence-electron chi connectivity index (χ4n) is 4.17. The van der Waals surface area contributed by atoms with E-state index in [1.807, 2.05) is 6.07 Å². The van der Waals surface area contributed by atoms with Gasteiger partial charge in [0.2, 0.25) is 6.79 Å². The minimum Gasteiger partial charge on any atom is -0.490 e. The van der Waals surface area contributed by atoms with Crippen LogP contribution in [0.4, 0.5) is 14.5 Å². The van der Waals surface area contributed by atoms with Gasteiger partial charge in [-0.3, -0.25) is 4.79 Å². The van der Waals surface area contributed by atoms with Gasteiger partial charge in [0.25, 0.3) is 5.91 Å². The molecule has 0 radical (unpaired) electrons. The van der Waals surface area contributed by atoms with Gasteiger partial charge in [0.15, 0.2) is 23.0 Å². The lowest BCUT2D eigenvalue weighted by Crippen LogP contribution is -2.42. The first-order valence-electron chi connectivity index (χ1n) is 10.8. The van der Waals surface area contributed by atoms with Crippen LogP contribution < -0.4 is 24.3 Å². The molecule has 2 aliphatic heterocycles. The van der Waals surface area contributed by atoms with E-state index >= 15 is 0 Å². The smallest absolute Gasteiger partial charge is 0.387 e. The van der Waals surface area contributed by atoms with Gasteiger partial charge in [-0.25, -0.2) is 0 Å². The lowest BCUT2D eigenvalue weighted by Gasteiger charge is -2.39. The van der Waals surface area contributed by atoms with Crippen molar-refractivity contribution < 1.29 is 32.5 Å². The number of anilines is 1. The highest BCUT2D eigenvalue weighted by atomic mass is 19.3. The molecule has 0 bridgehead atoms. The Bertz CT molecular complexity index is 1220. The van der Waals surface area contributed by atoms with Crippen molar-refractivity contribution in [1.29, 1.82) is 0 Å². The number of amides is 1. The zero-order valence-electron chi connectivity index (χ0n) is 18.3. The maximum atomic E-state index is 13.6. The first-order valence-corrected chi connectivity index (χ1v) is 10.8. The number of hydrogen-bond acceptors (Lipinski definition) is 6. The van der Waals surface area contributed by atoms with Crippen molar-refractivity contribution in [2.75, 3.05) is 18.7 Å². The molecule has 0 aliphatic carbocycles. The van der Waals surface area contributed by atoms with E-state index < -0.39 is 12.8 Å². The molecule has 1 atom stereocenters. The largest absolute Gasteiger partial charge is 0.490 e. The zero-order valence-corrected chi connectivity index (χ0v) is 18.3. The Labute approximate surface area is 194 Å². The second kappa shape index (κ2) is 9.09. The SMILES string of the molecule is CCOc1cccc(C2Nc3ccccc3C(=O)N2Cc2ccc3c(c2)OCO3)c1OC(F)F. The Balaban J connectivity index is 1.59. The van der Waals surface area contributed by atoms with Crippen LogP contribution in [0.3, 0.4) is 0 Å². The van der Waals surface area contributed by atoms with Gasteiger partial charge in [0.1, 0.15) is 6.17 Å². The summed E-state index contributed by atoms with van der Waals surface area (Å²) in [5.74, 6) is 1.04. The second-order valence-electron chi connectivity index (χ2n) is 7.70. The predicted octanol–water partition coefficient (Wildman–Crippen LogP) is 5.18. The summed E-state index contributed by atoms with van der Waals surface area (Å²) in [6.07, 6.45) is -0.790. The molecule has 34 heavy (non-hydrogen) atoms. The quantitative estimate of drug-likeness (QED) is 0.515. The molecule has 1 amide bonds. The zero-order chi connectivity index (χ0) is 23.7. The number of nitrogens with one attached hydrogen (secondary N) is 1. The van der Waals surface area contributed by atoms with Crippen molar-refractivity contribution >= 4 is 11.6 Å². The number of benzene rings is 3. The van der Waals surface area contributed by atoms with E-state index in [0.29, 0.717) is 28.3 Å². The lowest BCUT2D eigenvalue weighted by molar-refractivity contribution is -0.0526. The Hall–Kier alpha value is -4.01. The van der Waals surface area contributed by atoms with Gasteiger partial charge < -0.3 is 29.2 Å². The summed E-state index contributed by atoms with van der Waals surface area (Å²) in [6.45, 7) is -0.714. The molecule has 0 aromatic heterocycles. The average molecular weight is 468 g/mol. The molecule has 1 unspecified atom stereocenters. The Morgan fingerprint density at radius 2 is 1.91 bits per heavy atom. The summed E-state index contributed by atoms with van der Waals surface area (Å²) >= 11 is 0. The average Bonchev–Trinajstić information content (AvgIpc) is 3.30. The molecule has 0 fully saturated rings. The Morgan fingerprint density at radius 1 is 1.09 bits per heavy atom. The van der Waals surface area contributed by atoms with Crippen molar-refractivity contribution in [3.8, 4) is 23.0 Å². The summed E-state index contributed by atoms with van der Waals surface area (Å²) in [5, 5.41) is 3.32. The summed E-state index contributed by atoms with van der Waals surface area (Å²) in [6, 6.07) is 17.4. The molecular weight excluding hydrogens is 446 g/mol. The Morgan fingerprint density at radius 3 is 2.74 bits per heavy atom. The van der Waals surface area contributed by atoms with Crippen LogP contribution in [0, 0.1) is 0 Å². The minimum absolute atomic E-state index is 0.111. The summed E-state index contributed by atoms with van der Waals surface area (Å²) in [5.41, 5.74) is 2.23. The number of halogens is 2. The molecule has 1 N–H and O–H groups in total. The van der Waals surface area contributed by atoms with Crippen LogP contribution in [0.1, 0.15) is 34.6 Å². The molecule has 7 nitrogen and oxygen atoms in total. The van der Waals surface area contributed by atoms with Crippen LogP contribution in [0.15, 0.2) is 60.7 Å². The van der Waals surface area contributed by atoms with Crippen LogP contribution in [-0.2, 0) is 6.54 Å². The van der Waals surface area contributed by atoms with E-state index in [2.05, 4.69) is 5.32 Å². The molecule has 3 aromatic rings. The number of rotatable bonds is 7. The third-order valence-corrected chi connectivity index (χ3v) is 5.62. The van der Waals surface area contributed by atoms with Crippen LogP contribution in [-0.4, -0.2) is 30.8 Å². The molecule has 2 heterocycles. The highest BCUT2D eigenvalue weighted by Crippen LogP contribution is 2.42. The minimum atomic E-state index is -3.06. The van der Waals surface area contributed by atoms with E-state index in [9.17, 15) is 13.6 Å². The third-order valence-electron chi connectivity index (χ3n) is 5.62. The number of alkyl halides is 2. The summed E-state index contributed by atoms with van der Waals surface area (Å²) in [4.78, 5) is 15.2. The molecule has 0 saturated carbocycles. The molecule has 9 heteroatoms. The van der Waals surface area contributed by atoms with Crippen molar-refractivity contribution in [2.45, 2.75) is 26.2 Å². The fourth-order valence-corrected chi connectivity index (χ4v) is 4.17. The molecule has 3 aromatic carbocycles. The third kappa shape index (κ3) is 4.05. The van der Waals surface area contributed by atoms with Crippen LogP contribution in [0.5, 0.6) is 23.0 Å². The second-order valence-corrected chi connectivity index (χ2v) is 7.70. The fraction of sp³-hybridized carbons (Fsp3) is 0.240. The molecular formula is C25H22F2N2O5. The number of hydrogen-bond donors (Lipinski definition) is 1. The molecule has 2 aliphatic rings. The van der Waals surface area contributed by atoms with Gasteiger partial charge in [-0.15, -0.1) is 0 Å². The van der Waals surface area contributed by atoms with E-state index in [1.54, 1.807) is 66.4 Å². The highest BCUT2D eigenvalue weighted by molar-refractivity contribution is 6.01. The molecule has 0 saturated heterocycles. The van der Waals surface area contributed by atoms with Gasteiger partial charge in [-0.2, -0.15) is 8.78 Å². The highest BCUT2D eigenvalue weighted by Gasteiger charge is 2.36. The van der Waals surface area contributed by atoms with Crippen LogP contribution in [0.2, 0.25) is 0 Å². The summed E-state index contributed by atoms with van der Waals surface area (Å²) in [7, 11) is 0. The van der Waals surface area contributed by atoms with E-state index in [4.69, 9.17) is 18.9 Å². The number of ether oxygens (including phenoxy) is 4. The lowest BCUT2D eigenvalue weighted by atomic mass is 10.0. The monoisotopic (exact) mass is 468 g/mol. The maximum Gasteiger partial charge on any atom is 0.387 e. The van der Waals surface area contributed by atoms with Gasteiger partial charge in [-0.1, -0.05) is 30.3 Å². The number of fused-ring (bicyclic) bond motifs is 2. The molecule has 0 spiro atoms. The van der Waals surface area contributed by atoms with Gasteiger partial charge in [-0.05, 0) is 42.8 Å². The topological polar surface area (TPSA) is 69.3 Å². The molecule has 176 valence electrons. The first-order chi connectivity index (χ1) is 16.5. The number of carbonyl (C=O) groups is 1. The van der Waals surface area contributed by atoms with Gasteiger partial charge in [0, 0.05) is 17.8 Å². The number of nitrogens with zero attached hydrogens (tertiary/aromatic N) is 1. The van der Waals surface area contributed by atoms with Crippen LogP contribution >= 0.6 is 0 Å². The van der Waals surface area contributed by atoms with Crippen molar-refractivity contribution in [3.05, 3.63) is 77.4 Å². The van der Waals surface area contributed by atoms with E-state index in [-0.39, 0.29) is 37.4 Å². The predicted molar refractivity (Wildman–Crippen MR) is 119 cm³/mol. The van der Waals surface area contributed by atoms with Crippen molar-refractivity contribution in [1.82, 2.24) is 4.90 Å². The Kier molecular flexibility index (Phi) is 5.83. The van der Waals surface area contributed by atoms with E-state index in [1.165, 1.54) is 0 Å². The van der Waals surface area contributed by atoms with Crippen molar-refractivity contribution in [2.24, 2.45) is 0 Å². The standard InChI is InChI=1S/C25H22F2N2O5/c1-2-31-20-9-5-7-17(22(20)34-25(26)27)23-28-18-8-4-3-6-16(18)24(30)29(23)13-15-10-11-19-21(12-15)33-14-32-19/h3-12,23,25,28H,2,13-14H2,1H3. The van der Waals surface area contributed by atoms with E-state index in [0.717, 1.165) is 5.56 Å². The van der Waals surface area contributed by atoms with Crippen LogP contribution in [0.25, 0.3) is 0 Å². The normalized spacial score (nSPS) is 16.3.